The van der Waals surface area contributed by atoms with Gasteiger partial charge in [0.15, 0.2) is 0 Å². The lowest BCUT2D eigenvalue weighted by Gasteiger charge is -1.99. The molecular weight excluding hydrogens is 364 g/mol. The van der Waals surface area contributed by atoms with Crippen LogP contribution in [0.1, 0.15) is 11.1 Å². The molecule has 0 bridgehead atoms. The first-order valence-corrected chi connectivity index (χ1v) is 5.48. The van der Waals surface area contributed by atoms with Crippen molar-refractivity contribution in [1.82, 2.24) is 3.11 Å². The third kappa shape index (κ3) is 1.70. The number of halogens is 2. The molecule has 0 amide bonds. The molecular formula is C8H7I2N. The number of hydrogen-bond acceptors (Lipinski definition) is 1. The van der Waals surface area contributed by atoms with Crippen LogP contribution < -0.4 is 0 Å². The van der Waals surface area contributed by atoms with E-state index < -0.39 is 0 Å². The van der Waals surface area contributed by atoms with Crippen LogP contribution in [0.2, 0.25) is 0 Å². The van der Waals surface area contributed by atoms with Gasteiger partial charge in [-0.05, 0) is 45.9 Å². The summed E-state index contributed by atoms with van der Waals surface area (Å²) in [5.41, 5.74) is 2.98. The zero-order chi connectivity index (χ0) is 7.84. The monoisotopic (exact) mass is 371 g/mol. The zero-order valence-electron chi connectivity index (χ0n) is 5.85. The Morgan fingerprint density at radius 2 is 1.91 bits per heavy atom. The fraction of sp³-hybridized carbons (Fsp3) is 0.250. The van der Waals surface area contributed by atoms with Crippen LogP contribution in [0.4, 0.5) is 0 Å². The summed E-state index contributed by atoms with van der Waals surface area (Å²) in [6.45, 7) is 2.21. The first-order chi connectivity index (χ1) is 5.25. The first kappa shape index (κ1) is 8.25. The molecule has 0 N–H and O–H groups in total. The second-order valence-corrected chi connectivity index (χ2v) is 5.30. The van der Waals surface area contributed by atoms with Gasteiger partial charge in [-0.1, -0.05) is 6.07 Å². The standard InChI is InChI=1S/C8H7I2N/c9-8-2-1-6-4-11(10)5-7(6)3-8/h1-3H,4-5H2. The molecule has 0 atom stereocenters. The van der Waals surface area contributed by atoms with Gasteiger partial charge in [-0.2, -0.15) is 0 Å². The van der Waals surface area contributed by atoms with E-state index in [1.54, 1.807) is 0 Å². The van der Waals surface area contributed by atoms with Gasteiger partial charge in [0.1, 0.15) is 0 Å². The van der Waals surface area contributed by atoms with Crippen molar-refractivity contribution in [2.24, 2.45) is 0 Å². The van der Waals surface area contributed by atoms with Crippen molar-refractivity contribution in [1.29, 1.82) is 0 Å². The quantitative estimate of drug-likeness (QED) is 0.501. The van der Waals surface area contributed by atoms with E-state index >= 15 is 0 Å². The van der Waals surface area contributed by atoms with Crippen LogP contribution >= 0.6 is 45.5 Å². The smallest absolute Gasteiger partial charge is 0.0339 e. The van der Waals surface area contributed by atoms with Crippen LogP contribution in [0.25, 0.3) is 0 Å². The number of rotatable bonds is 0. The topological polar surface area (TPSA) is 3.24 Å². The van der Waals surface area contributed by atoms with Gasteiger partial charge in [0, 0.05) is 39.5 Å². The van der Waals surface area contributed by atoms with E-state index in [4.69, 9.17) is 0 Å². The minimum Gasteiger partial charge on any atom is -0.239 e. The molecule has 3 heteroatoms. The lowest BCUT2D eigenvalue weighted by atomic mass is 10.1. The van der Waals surface area contributed by atoms with Gasteiger partial charge in [-0.15, -0.1) is 0 Å². The Morgan fingerprint density at radius 1 is 1.18 bits per heavy atom. The van der Waals surface area contributed by atoms with E-state index in [1.165, 1.54) is 14.7 Å². The van der Waals surface area contributed by atoms with Gasteiger partial charge >= 0.3 is 0 Å². The van der Waals surface area contributed by atoms with Crippen LogP contribution in [0.3, 0.4) is 0 Å². The van der Waals surface area contributed by atoms with Crippen molar-refractivity contribution in [2.75, 3.05) is 0 Å². The SMILES string of the molecule is Ic1ccc2c(c1)CN(I)C2. The molecule has 58 valence electrons. The van der Waals surface area contributed by atoms with Gasteiger partial charge in [-0.3, -0.25) is 0 Å². The average molecular weight is 371 g/mol. The number of nitrogens with zero attached hydrogens (tertiary/aromatic N) is 1. The maximum absolute atomic E-state index is 2.37. The predicted molar refractivity (Wildman–Crippen MR) is 62.4 cm³/mol. The van der Waals surface area contributed by atoms with Crippen LogP contribution in [0, 0.1) is 3.57 Å². The molecule has 0 radical (unpaired) electrons. The number of hydrogen-bond donors (Lipinski definition) is 0. The Balaban J connectivity index is 2.43. The molecule has 0 saturated heterocycles. The highest BCUT2D eigenvalue weighted by molar-refractivity contribution is 14.1. The van der Waals surface area contributed by atoms with E-state index in [-0.39, 0.29) is 0 Å². The summed E-state index contributed by atoms with van der Waals surface area (Å²) in [6.07, 6.45) is 0. The van der Waals surface area contributed by atoms with Gasteiger partial charge in [0.25, 0.3) is 0 Å². The van der Waals surface area contributed by atoms with Crippen LogP contribution in [-0.4, -0.2) is 3.11 Å². The summed E-state index contributed by atoms with van der Waals surface area (Å²) in [4.78, 5) is 0. The van der Waals surface area contributed by atoms with Crippen molar-refractivity contribution in [2.45, 2.75) is 13.1 Å². The minimum atomic E-state index is 1.10. The molecule has 11 heavy (non-hydrogen) atoms. The molecule has 1 aromatic rings. The Bertz CT molecular complexity index is 285. The summed E-state index contributed by atoms with van der Waals surface area (Å²) >= 11 is 4.73. The highest BCUT2D eigenvalue weighted by Crippen LogP contribution is 2.26. The van der Waals surface area contributed by atoms with E-state index in [0.29, 0.717) is 0 Å². The van der Waals surface area contributed by atoms with Gasteiger partial charge in [0.2, 0.25) is 0 Å². The maximum Gasteiger partial charge on any atom is 0.0339 e. The van der Waals surface area contributed by atoms with E-state index in [9.17, 15) is 0 Å². The van der Waals surface area contributed by atoms with Crippen LogP contribution in [0.5, 0.6) is 0 Å². The molecule has 0 aromatic heterocycles. The lowest BCUT2D eigenvalue weighted by molar-refractivity contribution is 0.554. The summed E-state index contributed by atoms with van der Waals surface area (Å²) in [7, 11) is 0. The first-order valence-electron chi connectivity index (χ1n) is 3.44. The van der Waals surface area contributed by atoms with Crippen molar-refractivity contribution in [3.8, 4) is 0 Å². The van der Waals surface area contributed by atoms with Crippen LogP contribution in [-0.2, 0) is 13.1 Å². The summed E-state index contributed by atoms with van der Waals surface area (Å²) < 4.78 is 3.64. The molecule has 1 heterocycles. The van der Waals surface area contributed by atoms with Gasteiger partial charge in [0.05, 0.1) is 0 Å². The molecule has 1 aromatic carbocycles. The van der Waals surface area contributed by atoms with Crippen molar-refractivity contribution < 1.29 is 0 Å². The van der Waals surface area contributed by atoms with E-state index in [2.05, 4.69) is 66.8 Å². The molecule has 1 aliphatic heterocycles. The largest absolute Gasteiger partial charge is 0.239 e. The second-order valence-electron chi connectivity index (χ2n) is 2.69. The van der Waals surface area contributed by atoms with Gasteiger partial charge in [-0.25, -0.2) is 3.11 Å². The van der Waals surface area contributed by atoms with Crippen LogP contribution in [0.15, 0.2) is 18.2 Å². The normalized spacial score (nSPS) is 16.9. The van der Waals surface area contributed by atoms with Gasteiger partial charge < -0.3 is 0 Å². The Hall–Kier alpha value is 0.640. The second kappa shape index (κ2) is 3.18. The van der Waals surface area contributed by atoms with Crippen molar-refractivity contribution >= 4 is 45.5 Å². The molecule has 0 fully saturated rings. The summed E-state index contributed by atoms with van der Waals surface area (Å²) in [6, 6.07) is 6.68. The van der Waals surface area contributed by atoms with Crippen molar-refractivity contribution in [3.05, 3.63) is 32.9 Å². The highest BCUT2D eigenvalue weighted by Gasteiger charge is 2.15. The third-order valence-corrected chi connectivity index (χ3v) is 3.21. The molecule has 2 rings (SSSR count). The average Bonchev–Trinajstić information content (AvgIpc) is 2.27. The molecule has 0 saturated carbocycles. The minimum absolute atomic E-state index is 1.10. The fourth-order valence-corrected chi connectivity index (χ4v) is 2.61. The lowest BCUT2D eigenvalue weighted by Crippen LogP contribution is -1.97. The number of benzene rings is 1. The third-order valence-electron chi connectivity index (χ3n) is 1.85. The zero-order valence-corrected chi connectivity index (χ0v) is 10.2. The molecule has 1 aliphatic rings. The molecule has 1 nitrogen and oxygen atoms in total. The molecule has 0 aliphatic carbocycles. The predicted octanol–water partition coefficient (Wildman–Crippen LogP) is 2.96. The Kier molecular flexibility index (Phi) is 2.38. The fourth-order valence-electron chi connectivity index (χ4n) is 1.32. The Labute approximate surface area is 93.8 Å². The van der Waals surface area contributed by atoms with E-state index in [1.807, 2.05) is 0 Å². The summed E-state index contributed by atoms with van der Waals surface area (Å²) in [5, 5.41) is 0. The number of fused-ring (bicyclic) bond motifs is 1. The molecule has 0 unspecified atom stereocenters. The maximum atomic E-state index is 2.37. The highest BCUT2D eigenvalue weighted by atomic mass is 127. The Morgan fingerprint density at radius 3 is 2.73 bits per heavy atom. The summed E-state index contributed by atoms with van der Waals surface area (Å²) in [5.74, 6) is 0. The van der Waals surface area contributed by atoms with Crippen molar-refractivity contribution in [3.63, 3.8) is 0 Å². The molecule has 0 spiro atoms. The van der Waals surface area contributed by atoms with E-state index in [0.717, 1.165) is 13.1 Å².